The molecule has 0 heterocycles. The van der Waals surface area contributed by atoms with Crippen molar-refractivity contribution in [2.75, 3.05) is 13.6 Å². The number of nitrogens with two attached hydrogens (primary N) is 1. The first-order valence-electron chi connectivity index (χ1n) is 8.27. The van der Waals surface area contributed by atoms with Gasteiger partial charge in [-0.15, -0.1) is 0 Å². The van der Waals surface area contributed by atoms with Crippen LogP contribution in [-0.2, 0) is 10.2 Å². The number of amides is 1. The Morgan fingerprint density at radius 3 is 2.59 bits per heavy atom. The van der Waals surface area contributed by atoms with E-state index in [1.807, 2.05) is 11.9 Å². The van der Waals surface area contributed by atoms with Crippen molar-refractivity contribution >= 4 is 21.8 Å². The largest absolute Gasteiger partial charge is 0.345 e. The minimum atomic E-state index is 0.134. The van der Waals surface area contributed by atoms with Gasteiger partial charge in [0.15, 0.2) is 0 Å². The van der Waals surface area contributed by atoms with E-state index in [2.05, 4.69) is 40.2 Å². The monoisotopic (exact) mass is 364 g/mol. The van der Waals surface area contributed by atoms with Crippen molar-refractivity contribution < 1.29 is 4.79 Å². The molecule has 1 amide bonds. The van der Waals surface area contributed by atoms with Crippen molar-refractivity contribution in [1.82, 2.24) is 4.90 Å². The Morgan fingerprint density at radius 2 is 2.00 bits per heavy atom. The maximum absolute atomic E-state index is 12.7. The number of halogens is 1. The molecule has 0 saturated heterocycles. The number of nitrogens with zero attached hydrogens (tertiary/aromatic N) is 1. The van der Waals surface area contributed by atoms with Crippen molar-refractivity contribution in [1.29, 1.82) is 0 Å². The first kappa shape index (κ1) is 16.0. The third kappa shape index (κ3) is 3.38. The normalized spacial score (nSPS) is 26.5. The van der Waals surface area contributed by atoms with Gasteiger partial charge in [0.05, 0.1) is 0 Å². The summed E-state index contributed by atoms with van der Waals surface area (Å²) in [5, 5.41) is 0. The highest BCUT2D eigenvalue weighted by Crippen LogP contribution is 2.49. The number of hydrogen-bond acceptors (Lipinski definition) is 2. The SMILES string of the molecule is CN(CC1(c2ccc(Br)cc2)CC1)C(=O)C1CCCC(N)C1. The van der Waals surface area contributed by atoms with Gasteiger partial charge in [-0.2, -0.15) is 0 Å². The lowest BCUT2D eigenvalue weighted by molar-refractivity contribution is -0.135. The number of carbonyl (C=O) groups is 1. The Balaban J connectivity index is 1.64. The summed E-state index contributed by atoms with van der Waals surface area (Å²) in [6.07, 6.45) is 6.36. The fraction of sp³-hybridized carbons (Fsp3) is 0.611. The predicted molar refractivity (Wildman–Crippen MR) is 92.6 cm³/mol. The zero-order chi connectivity index (χ0) is 15.7. The Labute approximate surface area is 141 Å². The van der Waals surface area contributed by atoms with Crippen LogP contribution >= 0.6 is 15.9 Å². The van der Waals surface area contributed by atoms with Crippen LogP contribution in [0.5, 0.6) is 0 Å². The second-order valence-corrected chi connectivity index (χ2v) is 8.02. The average Bonchev–Trinajstić information content (AvgIpc) is 3.27. The van der Waals surface area contributed by atoms with Gasteiger partial charge in [-0.3, -0.25) is 4.79 Å². The smallest absolute Gasteiger partial charge is 0.225 e. The van der Waals surface area contributed by atoms with Crippen LogP contribution in [0.2, 0.25) is 0 Å². The Bertz CT molecular complexity index is 539. The van der Waals surface area contributed by atoms with E-state index in [-0.39, 0.29) is 17.4 Å². The molecule has 2 aliphatic carbocycles. The van der Waals surface area contributed by atoms with Crippen molar-refractivity contribution in [3.8, 4) is 0 Å². The van der Waals surface area contributed by atoms with Crippen LogP contribution in [0.1, 0.15) is 44.1 Å². The van der Waals surface area contributed by atoms with E-state index in [1.54, 1.807) is 0 Å². The lowest BCUT2D eigenvalue weighted by Crippen LogP contribution is -2.41. The van der Waals surface area contributed by atoms with E-state index in [9.17, 15) is 4.79 Å². The molecular weight excluding hydrogens is 340 g/mol. The van der Waals surface area contributed by atoms with Gasteiger partial charge in [-0.25, -0.2) is 0 Å². The summed E-state index contributed by atoms with van der Waals surface area (Å²) >= 11 is 3.49. The van der Waals surface area contributed by atoms with E-state index in [0.29, 0.717) is 5.91 Å². The van der Waals surface area contributed by atoms with E-state index in [0.717, 1.165) is 36.7 Å². The molecule has 2 N–H and O–H groups in total. The Morgan fingerprint density at radius 1 is 1.32 bits per heavy atom. The third-order valence-corrected chi connectivity index (χ3v) is 5.82. The van der Waals surface area contributed by atoms with Gasteiger partial charge in [0.1, 0.15) is 0 Å². The molecule has 0 bridgehead atoms. The van der Waals surface area contributed by atoms with Crippen molar-refractivity contribution in [2.45, 2.75) is 50.0 Å². The van der Waals surface area contributed by atoms with Gasteiger partial charge in [-0.1, -0.05) is 34.5 Å². The maximum atomic E-state index is 12.7. The third-order valence-electron chi connectivity index (χ3n) is 5.29. The molecule has 1 aromatic rings. The molecule has 120 valence electrons. The van der Waals surface area contributed by atoms with Crippen LogP contribution in [0.3, 0.4) is 0 Å². The highest BCUT2D eigenvalue weighted by molar-refractivity contribution is 9.10. The summed E-state index contributed by atoms with van der Waals surface area (Å²) in [6.45, 7) is 0.833. The summed E-state index contributed by atoms with van der Waals surface area (Å²) in [7, 11) is 1.96. The van der Waals surface area contributed by atoms with Gasteiger partial charge in [-0.05, 0) is 49.8 Å². The molecule has 3 rings (SSSR count). The molecular formula is C18H25BrN2O. The summed E-state index contributed by atoms with van der Waals surface area (Å²) in [6, 6.07) is 8.77. The molecule has 4 heteroatoms. The summed E-state index contributed by atoms with van der Waals surface area (Å²) in [4.78, 5) is 14.7. The van der Waals surface area contributed by atoms with Gasteiger partial charge >= 0.3 is 0 Å². The topological polar surface area (TPSA) is 46.3 Å². The van der Waals surface area contributed by atoms with Crippen molar-refractivity contribution in [3.63, 3.8) is 0 Å². The molecule has 2 unspecified atom stereocenters. The highest BCUT2D eigenvalue weighted by atomic mass is 79.9. The van der Waals surface area contributed by atoms with Gasteiger partial charge in [0.2, 0.25) is 5.91 Å². The lowest BCUT2D eigenvalue weighted by atomic mass is 9.85. The molecule has 2 saturated carbocycles. The lowest BCUT2D eigenvalue weighted by Gasteiger charge is -2.31. The van der Waals surface area contributed by atoms with Crippen LogP contribution in [0.4, 0.5) is 0 Å². The van der Waals surface area contributed by atoms with Crippen molar-refractivity contribution in [3.05, 3.63) is 34.3 Å². The maximum Gasteiger partial charge on any atom is 0.225 e. The standard InChI is InChI=1S/C18H25BrN2O/c1-21(17(22)13-3-2-4-16(20)11-13)12-18(9-10-18)14-5-7-15(19)8-6-14/h5-8,13,16H,2-4,9-12,20H2,1H3. The van der Waals surface area contributed by atoms with Crippen LogP contribution in [-0.4, -0.2) is 30.4 Å². The zero-order valence-electron chi connectivity index (χ0n) is 13.2. The summed E-state index contributed by atoms with van der Waals surface area (Å²) in [5.41, 5.74) is 7.57. The van der Waals surface area contributed by atoms with E-state index < -0.39 is 0 Å². The van der Waals surface area contributed by atoms with E-state index >= 15 is 0 Å². The molecule has 0 aliphatic heterocycles. The molecule has 0 aromatic heterocycles. The van der Waals surface area contributed by atoms with Crippen LogP contribution in [0.15, 0.2) is 28.7 Å². The van der Waals surface area contributed by atoms with Crippen molar-refractivity contribution in [2.24, 2.45) is 11.7 Å². The average molecular weight is 365 g/mol. The molecule has 0 spiro atoms. The molecule has 2 fully saturated rings. The van der Waals surface area contributed by atoms with E-state index in [4.69, 9.17) is 5.73 Å². The Hall–Kier alpha value is -0.870. The van der Waals surface area contributed by atoms with Crippen LogP contribution in [0.25, 0.3) is 0 Å². The molecule has 2 aliphatic rings. The second kappa shape index (κ2) is 6.32. The highest BCUT2D eigenvalue weighted by Gasteiger charge is 2.46. The predicted octanol–water partition coefficient (Wildman–Crippen LogP) is 3.46. The first-order valence-corrected chi connectivity index (χ1v) is 9.06. The van der Waals surface area contributed by atoms with E-state index in [1.165, 1.54) is 18.4 Å². The molecule has 0 radical (unpaired) electrons. The molecule has 3 nitrogen and oxygen atoms in total. The molecule has 2 atom stereocenters. The quantitative estimate of drug-likeness (QED) is 0.888. The zero-order valence-corrected chi connectivity index (χ0v) is 14.8. The van der Waals surface area contributed by atoms with Gasteiger partial charge < -0.3 is 10.6 Å². The fourth-order valence-corrected chi connectivity index (χ4v) is 4.05. The molecule has 22 heavy (non-hydrogen) atoms. The minimum Gasteiger partial charge on any atom is -0.345 e. The number of rotatable bonds is 4. The Kier molecular flexibility index (Phi) is 4.60. The van der Waals surface area contributed by atoms with Crippen LogP contribution < -0.4 is 5.73 Å². The van der Waals surface area contributed by atoms with Gasteiger partial charge in [0.25, 0.3) is 0 Å². The number of benzene rings is 1. The number of likely N-dealkylation sites (N-methyl/N-ethyl adjacent to an activating group) is 1. The summed E-state index contributed by atoms with van der Waals surface area (Å²) < 4.78 is 1.10. The second-order valence-electron chi connectivity index (χ2n) is 7.11. The number of hydrogen-bond donors (Lipinski definition) is 1. The fourth-order valence-electron chi connectivity index (χ4n) is 3.79. The van der Waals surface area contributed by atoms with Crippen LogP contribution in [0, 0.1) is 5.92 Å². The molecule has 1 aromatic carbocycles. The first-order chi connectivity index (χ1) is 10.5. The summed E-state index contributed by atoms with van der Waals surface area (Å²) in [5.74, 6) is 0.424. The van der Waals surface area contributed by atoms with Gasteiger partial charge in [0, 0.05) is 35.4 Å². The minimum absolute atomic E-state index is 0.134. The number of carbonyl (C=O) groups excluding carboxylic acids is 1.